The van der Waals surface area contributed by atoms with Gasteiger partial charge in [-0.1, -0.05) is 12.1 Å². The summed E-state index contributed by atoms with van der Waals surface area (Å²) in [5.41, 5.74) is 1.05. The predicted molar refractivity (Wildman–Crippen MR) is 70.7 cm³/mol. The lowest BCUT2D eigenvalue weighted by Crippen LogP contribution is -2.17. The van der Waals surface area contributed by atoms with E-state index in [4.69, 9.17) is 5.26 Å². The molecule has 0 amide bonds. The average Bonchev–Trinajstić information content (AvgIpc) is 2.85. The number of thiophene rings is 1. The summed E-state index contributed by atoms with van der Waals surface area (Å²) in [6.45, 7) is 2.75. The molecule has 1 heterocycles. The fourth-order valence-electron chi connectivity index (χ4n) is 1.66. The van der Waals surface area contributed by atoms with Crippen LogP contribution in [0.2, 0.25) is 0 Å². The summed E-state index contributed by atoms with van der Waals surface area (Å²) in [4.78, 5) is 1.85. The topological polar surface area (TPSA) is 35.8 Å². The van der Waals surface area contributed by atoms with Crippen molar-refractivity contribution in [2.75, 3.05) is 0 Å². The molecule has 0 aliphatic carbocycles. The molecule has 2 aromatic rings. The number of nitriles is 1. The Morgan fingerprint density at radius 1 is 1.28 bits per heavy atom. The van der Waals surface area contributed by atoms with Gasteiger partial charge in [-0.3, -0.25) is 0 Å². The van der Waals surface area contributed by atoms with E-state index >= 15 is 0 Å². The molecule has 1 atom stereocenters. The quantitative estimate of drug-likeness (QED) is 0.911. The average molecular weight is 260 g/mol. The first kappa shape index (κ1) is 12.7. The van der Waals surface area contributed by atoms with E-state index in [0.29, 0.717) is 6.54 Å². The van der Waals surface area contributed by atoms with Crippen LogP contribution in [0.3, 0.4) is 0 Å². The highest BCUT2D eigenvalue weighted by Crippen LogP contribution is 2.18. The highest BCUT2D eigenvalue weighted by molar-refractivity contribution is 7.12. The standard InChI is InChI=1S/C14H13FN2S/c1-10(11-2-4-12(15)5-3-11)17-9-14-7-6-13(8-16)18-14/h2-7,10,17H,9H2,1H3. The van der Waals surface area contributed by atoms with Gasteiger partial charge in [-0.2, -0.15) is 5.26 Å². The molecule has 0 aliphatic rings. The second kappa shape index (κ2) is 5.76. The number of nitrogens with zero attached hydrogens (tertiary/aromatic N) is 1. The predicted octanol–water partition coefficient (Wildman–Crippen LogP) is 3.61. The van der Waals surface area contributed by atoms with Crippen LogP contribution >= 0.6 is 11.3 Å². The Hall–Kier alpha value is -1.70. The first-order valence-corrected chi connectivity index (χ1v) is 6.48. The maximum Gasteiger partial charge on any atom is 0.123 e. The molecule has 1 aromatic heterocycles. The Morgan fingerprint density at radius 3 is 2.61 bits per heavy atom. The molecule has 92 valence electrons. The van der Waals surface area contributed by atoms with Crippen molar-refractivity contribution in [1.29, 1.82) is 5.26 Å². The molecule has 0 radical (unpaired) electrons. The summed E-state index contributed by atoms with van der Waals surface area (Å²) in [6, 6.07) is 12.5. The third-order valence-corrected chi connectivity index (χ3v) is 3.71. The molecule has 0 spiro atoms. The number of halogens is 1. The summed E-state index contributed by atoms with van der Waals surface area (Å²) in [7, 11) is 0. The van der Waals surface area contributed by atoms with Gasteiger partial charge in [0.2, 0.25) is 0 Å². The molecule has 0 aliphatic heterocycles. The number of rotatable bonds is 4. The molecule has 1 N–H and O–H groups in total. The van der Waals surface area contributed by atoms with Crippen LogP contribution in [-0.4, -0.2) is 0 Å². The van der Waals surface area contributed by atoms with E-state index in [1.54, 1.807) is 12.1 Å². The van der Waals surface area contributed by atoms with E-state index in [1.807, 2.05) is 19.1 Å². The van der Waals surface area contributed by atoms with E-state index in [1.165, 1.54) is 23.5 Å². The highest BCUT2D eigenvalue weighted by Gasteiger charge is 2.06. The summed E-state index contributed by atoms with van der Waals surface area (Å²) in [6.07, 6.45) is 0. The molecule has 0 saturated heterocycles. The third-order valence-electron chi connectivity index (χ3n) is 2.72. The number of hydrogen-bond donors (Lipinski definition) is 1. The summed E-state index contributed by atoms with van der Waals surface area (Å²) >= 11 is 1.49. The van der Waals surface area contributed by atoms with Crippen molar-refractivity contribution in [2.45, 2.75) is 19.5 Å². The lowest BCUT2D eigenvalue weighted by molar-refractivity contribution is 0.575. The van der Waals surface area contributed by atoms with Gasteiger partial charge < -0.3 is 5.32 Å². The molecule has 4 heteroatoms. The van der Waals surface area contributed by atoms with Crippen LogP contribution in [0, 0.1) is 17.1 Å². The van der Waals surface area contributed by atoms with Gasteiger partial charge >= 0.3 is 0 Å². The summed E-state index contributed by atoms with van der Waals surface area (Å²) in [5.74, 6) is -0.220. The second-order valence-corrected chi connectivity index (χ2v) is 5.20. The van der Waals surface area contributed by atoms with Crippen LogP contribution in [-0.2, 0) is 6.54 Å². The van der Waals surface area contributed by atoms with Gasteiger partial charge in [0, 0.05) is 17.5 Å². The van der Waals surface area contributed by atoms with Crippen LogP contribution < -0.4 is 5.32 Å². The Morgan fingerprint density at radius 2 is 2.00 bits per heavy atom. The minimum Gasteiger partial charge on any atom is -0.305 e. The first-order valence-electron chi connectivity index (χ1n) is 5.66. The third kappa shape index (κ3) is 3.16. The minimum atomic E-state index is -0.220. The number of hydrogen-bond acceptors (Lipinski definition) is 3. The molecule has 2 rings (SSSR count). The lowest BCUT2D eigenvalue weighted by atomic mass is 10.1. The van der Waals surface area contributed by atoms with Crippen LogP contribution in [0.4, 0.5) is 4.39 Å². The van der Waals surface area contributed by atoms with Crippen LogP contribution in [0.5, 0.6) is 0 Å². The van der Waals surface area contributed by atoms with E-state index in [9.17, 15) is 4.39 Å². The highest BCUT2D eigenvalue weighted by atomic mass is 32.1. The van der Waals surface area contributed by atoms with Gasteiger partial charge in [-0.25, -0.2) is 4.39 Å². The van der Waals surface area contributed by atoms with Crippen molar-refractivity contribution in [1.82, 2.24) is 5.32 Å². The first-order chi connectivity index (χ1) is 8.69. The maximum absolute atomic E-state index is 12.8. The molecular weight excluding hydrogens is 247 g/mol. The number of nitrogens with one attached hydrogen (secondary N) is 1. The van der Waals surface area contributed by atoms with Crippen molar-refractivity contribution >= 4 is 11.3 Å². The van der Waals surface area contributed by atoms with Gasteiger partial charge in [-0.15, -0.1) is 11.3 Å². The normalized spacial score (nSPS) is 12.1. The van der Waals surface area contributed by atoms with Gasteiger partial charge in [0.25, 0.3) is 0 Å². The SMILES string of the molecule is CC(NCc1ccc(C#N)s1)c1ccc(F)cc1. The van der Waals surface area contributed by atoms with Gasteiger partial charge in [0.05, 0.1) is 0 Å². The summed E-state index contributed by atoms with van der Waals surface area (Å²) in [5, 5.41) is 12.1. The van der Waals surface area contributed by atoms with Crippen molar-refractivity contribution in [3.05, 3.63) is 57.5 Å². The van der Waals surface area contributed by atoms with Crippen molar-refractivity contribution < 1.29 is 4.39 Å². The number of benzene rings is 1. The van der Waals surface area contributed by atoms with Crippen LogP contribution in [0.15, 0.2) is 36.4 Å². The molecule has 18 heavy (non-hydrogen) atoms. The van der Waals surface area contributed by atoms with E-state index in [0.717, 1.165) is 15.3 Å². The Balaban J connectivity index is 1.94. The second-order valence-electron chi connectivity index (χ2n) is 4.03. The smallest absolute Gasteiger partial charge is 0.123 e. The van der Waals surface area contributed by atoms with Gasteiger partial charge in [0.15, 0.2) is 0 Å². The van der Waals surface area contributed by atoms with Crippen molar-refractivity contribution in [2.24, 2.45) is 0 Å². The molecule has 1 aromatic carbocycles. The largest absolute Gasteiger partial charge is 0.305 e. The molecular formula is C14H13FN2S. The zero-order chi connectivity index (χ0) is 13.0. The molecule has 0 fully saturated rings. The van der Waals surface area contributed by atoms with Crippen molar-refractivity contribution in [3.63, 3.8) is 0 Å². The molecule has 0 saturated carbocycles. The Bertz CT molecular complexity index is 554. The maximum atomic E-state index is 12.8. The zero-order valence-corrected chi connectivity index (χ0v) is 10.8. The fraction of sp³-hybridized carbons (Fsp3) is 0.214. The Labute approximate surface area is 110 Å². The zero-order valence-electron chi connectivity index (χ0n) is 9.98. The van der Waals surface area contributed by atoms with Gasteiger partial charge in [0.1, 0.15) is 16.8 Å². The monoisotopic (exact) mass is 260 g/mol. The molecule has 1 unspecified atom stereocenters. The fourth-order valence-corrected chi connectivity index (χ4v) is 2.41. The summed E-state index contributed by atoms with van der Waals surface area (Å²) < 4.78 is 12.8. The van der Waals surface area contributed by atoms with E-state index < -0.39 is 0 Å². The van der Waals surface area contributed by atoms with E-state index in [-0.39, 0.29) is 11.9 Å². The van der Waals surface area contributed by atoms with Crippen LogP contribution in [0.1, 0.15) is 28.3 Å². The lowest BCUT2D eigenvalue weighted by Gasteiger charge is -2.13. The van der Waals surface area contributed by atoms with E-state index in [2.05, 4.69) is 11.4 Å². The van der Waals surface area contributed by atoms with Gasteiger partial charge in [-0.05, 0) is 36.8 Å². The Kier molecular flexibility index (Phi) is 4.08. The molecule has 0 bridgehead atoms. The molecule has 2 nitrogen and oxygen atoms in total. The minimum absolute atomic E-state index is 0.151. The van der Waals surface area contributed by atoms with Crippen molar-refractivity contribution in [3.8, 4) is 6.07 Å². The van der Waals surface area contributed by atoms with Crippen LogP contribution in [0.25, 0.3) is 0 Å².